The maximum atomic E-state index is 6.05. The van der Waals surface area contributed by atoms with Crippen LogP contribution in [0.15, 0.2) is 18.2 Å². The lowest BCUT2D eigenvalue weighted by atomic mass is 10.1. The number of benzene rings is 1. The molecule has 0 aliphatic carbocycles. The molecule has 0 bridgehead atoms. The molecule has 0 spiro atoms. The zero-order valence-corrected chi connectivity index (χ0v) is 11.9. The summed E-state index contributed by atoms with van der Waals surface area (Å²) in [6.45, 7) is 0.944. The van der Waals surface area contributed by atoms with E-state index in [1.165, 1.54) is 11.3 Å². The Labute approximate surface area is 113 Å². The number of para-hydroxylation sites is 1. The van der Waals surface area contributed by atoms with Crippen LogP contribution < -0.4 is 14.8 Å². The smallest absolute Gasteiger partial charge is 0.163 e. The first-order valence-corrected chi connectivity index (χ1v) is 7.55. The summed E-state index contributed by atoms with van der Waals surface area (Å²) in [5, 5.41) is 3.16. The zero-order chi connectivity index (χ0) is 12.8. The molecular formula is C14H21NO2S. The van der Waals surface area contributed by atoms with Gasteiger partial charge in [-0.2, -0.15) is 11.8 Å². The van der Waals surface area contributed by atoms with Crippen LogP contribution in [0.2, 0.25) is 0 Å². The van der Waals surface area contributed by atoms with Gasteiger partial charge < -0.3 is 14.8 Å². The molecule has 1 aromatic rings. The molecule has 1 aromatic carbocycles. The molecule has 1 heterocycles. The average Bonchev–Trinajstić information content (AvgIpc) is 2.89. The third-order valence-electron chi connectivity index (χ3n) is 3.09. The van der Waals surface area contributed by atoms with Crippen molar-refractivity contribution in [3.8, 4) is 11.5 Å². The highest BCUT2D eigenvalue weighted by molar-refractivity contribution is 7.99. The molecular weight excluding hydrogens is 246 g/mol. The topological polar surface area (TPSA) is 30.5 Å². The molecule has 1 saturated heterocycles. The number of rotatable bonds is 6. The van der Waals surface area contributed by atoms with Gasteiger partial charge in [-0.1, -0.05) is 12.1 Å². The van der Waals surface area contributed by atoms with E-state index in [2.05, 4.69) is 11.4 Å². The molecule has 0 radical (unpaired) electrons. The molecule has 0 aromatic heterocycles. The van der Waals surface area contributed by atoms with Crippen LogP contribution in [0.1, 0.15) is 12.0 Å². The number of nitrogens with one attached hydrogen (secondary N) is 1. The third kappa shape index (κ3) is 3.33. The Hall–Kier alpha value is -0.870. The van der Waals surface area contributed by atoms with Gasteiger partial charge in [0.2, 0.25) is 0 Å². The molecule has 18 heavy (non-hydrogen) atoms. The predicted octanol–water partition coefficient (Wildman–Crippen LogP) is 2.34. The van der Waals surface area contributed by atoms with Crippen molar-refractivity contribution < 1.29 is 9.47 Å². The molecule has 1 unspecified atom stereocenters. The van der Waals surface area contributed by atoms with E-state index in [9.17, 15) is 0 Å². The van der Waals surface area contributed by atoms with Gasteiger partial charge >= 0.3 is 0 Å². The Bertz CT molecular complexity index is 378. The summed E-state index contributed by atoms with van der Waals surface area (Å²) in [6.07, 6.45) is 2.42. The van der Waals surface area contributed by atoms with E-state index in [0.29, 0.717) is 6.10 Å². The minimum atomic E-state index is 0.337. The van der Waals surface area contributed by atoms with Crippen molar-refractivity contribution >= 4 is 11.8 Å². The van der Waals surface area contributed by atoms with Crippen molar-refractivity contribution in [2.45, 2.75) is 18.9 Å². The molecule has 2 rings (SSSR count). The van der Waals surface area contributed by atoms with E-state index in [4.69, 9.17) is 9.47 Å². The number of likely N-dealkylation sites (N-methyl/N-ethyl adjacent to an activating group) is 1. The lowest BCUT2D eigenvalue weighted by Crippen LogP contribution is -2.16. The van der Waals surface area contributed by atoms with Crippen LogP contribution >= 0.6 is 11.8 Å². The van der Waals surface area contributed by atoms with Crippen LogP contribution in [0.4, 0.5) is 0 Å². The Morgan fingerprint density at radius 1 is 1.44 bits per heavy atom. The molecule has 1 aliphatic heterocycles. The first kappa shape index (κ1) is 13.6. The molecule has 1 atom stereocenters. The maximum absolute atomic E-state index is 6.05. The summed E-state index contributed by atoms with van der Waals surface area (Å²) in [5.74, 6) is 4.07. The fourth-order valence-corrected chi connectivity index (χ4v) is 3.22. The van der Waals surface area contributed by atoms with Gasteiger partial charge in [-0.05, 0) is 43.8 Å². The van der Waals surface area contributed by atoms with Gasteiger partial charge in [-0.3, -0.25) is 0 Å². The summed E-state index contributed by atoms with van der Waals surface area (Å²) in [6, 6.07) is 6.15. The van der Waals surface area contributed by atoms with E-state index in [-0.39, 0.29) is 0 Å². The number of ether oxygens (including phenoxy) is 2. The molecule has 3 nitrogen and oxygen atoms in total. The highest BCUT2D eigenvalue weighted by atomic mass is 32.2. The van der Waals surface area contributed by atoms with E-state index in [1.54, 1.807) is 7.11 Å². The third-order valence-corrected chi connectivity index (χ3v) is 4.22. The van der Waals surface area contributed by atoms with Crippen LogP contribution in [0, 0.1) is 0 Å². The highest BCUT2D eigenvalue weighted by Gasteiger charge is 2.19. The minimum Gasteiger partial charge on any atom is -0.493 e. The van der Waals surface area contributed by atoms with Crippen LogP contribution in [-0.2, 0) is 6.42 Å². The van der Waals surface area contributed by atoms with Gasteiger partial charge in [0.15, 0.2) is 11.5 Å². The van der Waals surface area contributed by atoms with E-state index in [0.717, 1.165) is 36.6 Å². The van der Waals surface area contributed by atoms with E-state index >= 15 is 0 Å². The van der Waals surface area contributed by atoms with E-state index < -0.39 is 0 Å². The summed E-state index contributed by atoms with van der Waals surface area (Å²) in [7, 11) is 3.68. The van der Waals surface area contributed by atoms with Gasteiger partial charge in [0.1, 0.15) is 6.10 Å². The largest absolute Gasteiger partial charge is 0.493 e. The SMILES string of the molecule is CNCCc1cccc(OC2CCSC2)c1OC. The summed E-state index contributed by atoms with van der Waals surface area (Å²) in [5.41, 5.74) is 1.20. The van der Waals surface area contributed by atoms with Gasteiger partial charge in [-0.25, -0.2) is 0 Å². The van der Waals surface area contributed by atoms with Crippen molar-refractivity contribution in [3.63, 3.8) is 0 Å². The van der Waals surface area contributed by atoms with Gasteiger partial charge in [0.05, 0.1) is 7.11 Å². The summed E-state index contributed by atoms with van der Waals surface area (Å²) >= 11 is 1.96. The molecule has 0 saturated carbocycles. The van der Waals surface area contributed by atoms with Crippen molar-refractivity contribution in [2.24, 2.45) is 0 Å². The van der Waals surface area contributed by atoms with Crippen LogP contribution in [0.3, 0.4) is 0 Å². The number of methoxy groups -OCH3 is 1. The van der Waals surface area contributed by atoms with Crippen molar-refractivity contribution in [3.05, 3.63) is 23.8 Å². The Kier molecular flexibility index (Phi) is 5.20. The van der Waals surface area contributed by atoms with Crippen molar-refractivity contribution in [1.82, 2.24) is 5.32 Å². The number of hydrogen-bond donors (Lipinski definition) is 1. The average molecular weight is 267 g/mol. The van der Waals surface area contributed by atoms with Crippen LogP contribution in [-0.4, -0.2) is 38.3 Å². The normalized spacial score (nSPS) is 18.9. The second-order valence-corrected chi connectivity index (χ2v) is 5.56. The predicted molar refractivity (Wildman–Crippen MR) is 77.0 cm³/mol. The van der Waals surface area contributed by atoms with Crippen LogP contribution in [0.25, 0.3) is 0 Å². The highest BCUT2D eigenvalue weighted by Crippen LogP contribution is 2.34. The van der Waals surface area contributed by atoms with Crippen LogP contribution in [0.5, 0.6) is 11.5 Å². The fraction of sp³-hybridized carbons (Fsp3) is 0.571. The van der Waals surface area contributed by atoms with Crippen molar-refractivity contribution in [1.29, 1.82) is 0 Å². The second-order valence-electron chi connectivity index (χ2n) is 4.41. The number of hydrogen-bond acceptors (Lipinski definition) is 4. The Morgan fingerprint density at radius 2 is 2.33 bits per heavy atom. The molecule has 4 heteroatoms. The van der Waals surface area contributed by atoms with Crippen molar-refractivity contribution in [2.75, 3.05) is 32.2 Å². The van der Waals surface area contributed by atoms with Gasteiger partial charge in [0.25, 0.3) is 0 Å². The quantitative estimate of drug-likeness (QED) is 0.857. The second kappa shape index (κ2) is 6.90. The molecule has 1 N–H and O–H groups in total. The zero-order valence-electron chi connectivity index (χ0n) is 11.1. The van der Waals surface area contributed by atoms with Gasteiger partial charge in [-0.15, -0.1) is 0 Å². The summed E-state index contributed by atoms with van der Waals surface area (Å²) < 4.78 is 11.6. The van der Waals surface area contributed by atoms with Gasteiger partial charge in [0, 0.05) is 5.75 Å². The fourth-order valence-electron chi connectivity index (χ4n) is 2.13. The lowest BCUT2D eigenvalue weighted by molar-refractivity contribution is 0.218. The number of thioether (sulfide) groups is 1. The summed E-state index contributed by atoms with van der Waals surface area (Å²) in [4.78, 5) is 0. The molecule has 1 aliphatic rings. The molecule has 100 valence electrons. The Balaban J connectivity index is 2.12. The maximum Gasteiger partial charge on any atom is 0.163 e. The minimum absolute atomic E-state index is 0.337. The lowest BCUT2D eigenvalue weighted by Gasteiger charge is -2.17. The first-order valence-electron chi connectivity index (χ1n) is 6.40. The monoisotopic (exact) mass is 267 g/mol. The molecule has 1 fully saturated rings. The first-order chi connectivity index (χ1) is 8.85. The standard InChI is InChI=1S/C14H21NO2S/c1-15-8-6-11-4-3-5-13(14(11)16-2)17-12-7-9-18-10-12/h3-5,12,15H,6-10H2,1-2H3. The van der Waals surface area contributed by atoms with E-state index in [1.807, 2.05) is 30.9 Å². The molecule has 0 amide bonds. The Morgan fingerprint density at radius 3 is 3.00 bits per heavy atom.